The molecule has 0 spiro atoms. The van der Waals surface area contributed by atoms with Gasteiger partial charge in [-0.2, -0.15) is 0 Å². The normalized spacial score (nSPS) is 35.9. The summed E-state index contributed by atoms with van der Waals surface area (Å²) < 4.78 is 0. The van der Waals surface area contributed by atoms with Crippen molar-refractivity contribution in [3.05, 3.63) is 0 Å². The zero-order valence-corrected chi connectivity index (χ0v) is 9.86. The summed E-state index contributed by atoms with van der Waals surface area (Å²) in [5.74, 6) is -1.98. The van der Waals surface area contributed by atoms with Crippen LogP contribution in [-0.2, 0) is 14.4 Å². The standard InChI is InChI=1S/C9H12N2O5S/c1-4(12)10-5-6(13)11-2-9(16,8(14)15)3-17-7(5)11/h5,7,16H,2-3H2,1H3,(H,10,12)(H,14,15)/t5?,7-,9?/m1/s1. The molecule has 2 amide bonds. The number of carbonyl (C=O) groups excluding carboxylic acids is 2. The van der Waals surface area contributed by atoms with Crippen LogP contribution in [0.4, 0.5) is 0 Å². The maximum Gasteiger partial charge on any atom is 0.338 e. The van der Waals surface area contributed by atoms with Crippen LogP contribution in [0.2, 0.25) is 0 Å². The molecule has 2 rings (SSSR count). The second-order valence-corrected chi connectivity index (χ2v) is 5.29. The van der Waals surface area contributed by atoms with Crippen molar-refractivity contribution in [3.8, 4) is 0 Å². The smallest absolute Gasteiger partial charge is 0.338 e. The average molecular weight is 260 g/mol. The molecular weight excluding hydrogens is 248 g/mol. The van der Waals surface area contributed by atoms with E-state index in [1.165, 1.54) is 11.8 Å². The summed E-state index contributed by atoms with van der Waals surface area (Å²) in [4.78, 5) is 34.6. The Bertz CT molecular complexity index is 401. The predicted octanol–water partition coefficient (Wildman–Crippen LogP) is -1.78. The van der Waals surface area contributed by atoms with E-state index in [1.807, 2.05) is 0 Å². The van der Waals surface area contributed by atoms with Crippen molar-refractivity contribution in [3.63, 3.8) is 0 Å². The Labute approximate surface area is 101 Å². The first-order valence-electron chi connectivity index (χ1n) is 5.00. The third kappa shape index (κ3) is 1.87. The maximum absolute atomic E-state index is 11.6. The minimum atomic E-state index is -1.89. The van der Waals surface area contributed by atoms with Crippen LogP contribution in [0.25, 0.3) is 0 Å². The molecular formula is C9H12N2O5S. The molecule has 0 saturated carbocycles. The van der Waals surface area contributed by atoms with E-state index in [4.69, 9.17) is 5.11 Å². The number of aliphatic carboxylic acids is 1. The van der Waals surface area contributed by atoms with Gasteiger partial charge < -0.3 is 20.4 Å². The number of thioether (sulfide) groups is 1. The molecule has 2 saturated heterocycles. The lowest BCUT2D eigenvalue weighted by Gasteiger charge is -2.52. The molecule has 0 bridgehead atoms. The molecule has 0 aromatic rings. The number of hydrogen-bond acceptors (Lipinski definition) is 5. The highest BCUT2D eigenvalue weighted by atomic mass is 32.2. The van der Waals surface area contributed by atoms with Gasteiger partial charge in [0.15, 0.2) is 5.60 Å². The Morgan fingerprint density at radius 1 is 1.59 bits per heavy atom. The molecule has 2 aliphatic rings. The van der Waals surface area contributed by atoms with Crippen LogP contribution in [0.15, 0.2) is 0 Å². The van der Waals surface area contributed by atoms with Gasteiger partial charge in [0, 0.05) is 12.7 Å². The Morgan fingerprint density at radius 3 is 2.76 bits per heavy atom. The fourth-order valence-electron chi connectivity index (χ4n) is 1.91. The van der Waals surface area contributed by atoms with E-state index < -0.39 is 17.6 Å². The van der Waals surface area contributed by atoms with E-state index in [9.17, 15) is 19.5 Å². The molecule has 3 atom stereocenters. The lowest BCUT2D eigenvalue weighted by atomic mass is 10.00. The predicted molar refractivity (Wildman–Crippen MR) is 58.1 cm³/mol. The van der Waals surface area contributed by atoms with Gasteiger partial charge in [-0.3, -0.25) is 9.59 Å². The molecule has 0 aliphatic carbocycles. The number of nitrogens with one attached hydrogen (secondary N) is 1. The van der Waals surface area contributed by atoms with Crippen molar-refractivity contribution < 1.29 is 24.6 Å². The van der Waals surface area contributed by atoms with Gasteiger partial charge in [-0.25, -0.2) is 4.79 Å². The van der Waals surface area contributed by atoms with Crippen molar-refractivity contribution in [1.29, 1.82) is 0 Å². The Balaban J connectivity index is 2.06. The molecule has 0 aromatic carbocycles. The summed E-state index contributed by atoms with van der Waals surface area (Å²) >= 11 is 1.16. The number of carboxylic acid groups (broad SMARTS) is 1. The number of rotatable bonds is 2. The van der Waals surface area contributed by atoms with Crippen LogP contribution >= 0.6 is 11.8 Å². The van der Waals surface area contributed by atoms with Crippen LogP contribution in [-0.4, -0.2) is 62.2 Å². The highest BCUT2D eigenvalue weighted by molar-refractivity contribution is 8.00. The topological polar surface area (TPSA) is 107 Å². The van der Waals surface area contributed by atoms with E-state index in [0.717, 1.165) is 11.8 Å². The van der Waals surface area contributed by atoms with Crippen LogP contribution < -0.4 is 5.32 Å². The van der Waals surface area contributed by atoms with Gasteiger partial charge >= 0.3 is 5.97 Å². The van der Waals surface area contributed by atoms with Crippen LogP contribution in [0.3, 0.4) is 0 Å². The lowest BCUT2D eigenvalue weighted by Crippen LogP contribution is -2.75. The van der Waals surface area contributed by atoms with Gasteiger partial charge in [-0.1, -0.05) is 0 Å². The second kappa shape index (κ2) is 3.88. The average Bonchev–Trinajstić information content (AvgIpc) is 2.25. The highest BCUT2D eigenvalue weighted by Gasteiger charge is 2.56. The summed E-state index contributed by atoms with van der Waals surface area (Å²) in [5, 5.41) is 20.8. The zero-order chi connectivity index (χ0) is 12.8. The van der Waals surface area contributed by atoms with Gasteiger partial charge in [0.1, 0.15) is 11.4 Å². The van der Waals surface area contributed by atoms with Crippen LogP contribution in [0.1, 0.15) is 6.92 Å². The number of hydrogen-bond donors (Lipinski definition) is 3. The fourth-order valence-corrected chi connectivity index (χ4v) is 3.31. The Kier molecular flexibility index (Phi) is 2.78. The van der Waals surface area contributed by atoms with Gasteiger partial charge in [-0.05, 0) is 0 Å². The molecule has 2 unspecified atom stereocenters. The number of nitrogens with zero attached hydrogens (tertiary/aromatic N) is 1. The van der Waals surface area contributed by atoms with E-state index in [0.29, 0.717) is 0 Å². The Morgan fingerprint density at radius 2 is 2.24 bits per heavy atom. The maximum atomic E-state index is 11.6. The second-order valence-electron chi connectivity index (χ2n) is 4.18. The number of fused-ring (bicyclic) bond motifs is 1. The molecule has 2 fully saturated rings. The minimum absolute atomic E-state index is 0.00681. The van der Waals surface area contributed by atoms with Crippen molar-refractivity contribution in [2.45, 2.75) is 23.9 Å². The molecule has 3 N–H and O–H groups in total. The Hall–Kier alpha value is -1.28. The van der Waals surface area contributed by atoms with E-state index in [-0.39, 0.29) is 29.5 Å². The number of carboxylic acids is 1. The first-order valence-corrected chi connectivity index (χ1v) is 6.05. The first-order chi connectivity index (χ1) is 7.85. The van der Waals surface area contributed by atoms with E-state index in [2.05, 4.69) is 5.32 Å². The summed E-state index contributed by atoms with van der Waals surface area (Å²) in [7, 11) is 0. The monoisotopic (exact) mass is 260 g/mol. The van der Waals surface area contributed by atoms with Crippen LogP contribution in [0.5, 0.6) is 0 Å². The van der Waals surface area contributed by atoms with Crippen molar-refractivity contribution in [2.24, 2.45) is 0 Å². The largest absolute Gasteiger partial charge is 0.479 e. The molecule has 0 aromatic heterocycles. The summed E-state index contributed by atoms with van der Waals surface area (Å²) in [6, 6.07) is -0.601. The van der Waals surface area contributed by atoms with Gasteiger partial charge in [0.2, 0.25) is 11.8 Å². The number of carbonyl (C=O) groups is 3. The zero-order valence-electron chi connectivity index (χ0n) is 9.04. The highest BCUT2D eigenvalue weighted by Crippen LogP contribution is 2.38. The molecule has 2 aliphatic heterocycles. The molecule has 94 valence electrons. The van der Waals surface area contributed by atoms with Crippen molar-refractivity contribution >= 4 is 29.5 Å². The van der Waals surface area contributed by atoms with E-state index in [1.54, 1.807) is 0 Å². The number of amides is 2. The summed E-state index contributed by atoms with van der Waals surface area (Å²) in [6.45, 7) is 1.09. The van der Waals surface area contributed by atoms with Crippen molar-refractivity contribution in [1.82, 2.24) is 10.2 Å². The number of β-lactam (4-membered cyclic amide) rings is 1. The van der Waals surface area contributed by atoms with E-state index >= 15 is 0 Å². The van der Waals surface area contributed by atoms with Gasteiger partial charge in [-0.15, -0.1) is 11.8 Å². The van der Waals surface area contributed by atoms with Crippen LogP contribution in [0, 0.1) is 0 Å². The fraction of sp³-hybridized carbons (Fsp3) is 0.667. The third-order valence-electron chi connectivity index (χ3n) is 2.82. The van der Waals surface area contributed by atoms with Gasteiger partial charge in [0.25, 0.3) is 0 Å². The first kappa shape index (κ1) is 12.2. The lowest BCUT2D eigenvalue weighted by molar-refractivity contribution is -0.167. The minimum Gasteiger partial charge on any atom is -0.479 e. The molecule has 17 heavy (non-hydrogen) atoms. The third-order valence-corrected chi connectivity index (χ3v) is 4.34. The number of aliphatic hydroxyl groups is 1. The molecule has 7 nitrogen and oxygen atoms in total. The van der Waals surface area contributed by atoms with Crippen molar-refractivity contribution in [2.75, 3.05) is 12.3 Å². The molecule has 8 heteroatoms. The van der Waals surface area contributed by atoms with Gasteiger partial charge in [0.05, 0.1) is 6.54 Å². The summed E-state index contributed by atoms with van der Waals surface area (Å²) in [6.07, 6.45) is 0. The summed E-state index contributed by atoms with van der Waals surface area (Å²) in [5.41, 5.74) is -1.89. The molecule has 0 radical (unpaired) electrons. The SMILES string of the molecule is CC(=O)NC1C(=O)N2CC(O)(C(=O)O)CS[C@H]12. The quantitative estimate of drug-likeness (QED) is 0.507. The molecule has 2 heterocycles.